The van der Waals surface area contributed by atoms with Crippen molar-refractivity contribution in [3.05, 3.63) is 96.2 Å². The van der Waals surface area contributed by atoms with Crippen LogP contribution in [-0.2, 0) is 22.0 Å². The molecule has 1 aromatic heterocycles. The van der Waals surface area contributed by atoms with E-state index in [2.05, 4.69) is 10.4 Å². The summed E-state index contributed by atoms with van der Waals surface area (Å²) in [5.74, 6) is -0.209. The van der Waals surface area contributed by atoms with E-state index >= 15 is 0 Å². The quantitative estimate of drug-likeness (QED) is 0.312. The van der Waals surface area contributed by atoms with E-state index < -0.39 is 17.5 Å². The van der Waals surface area contributed by atoms with Crippen LogP contribution in [0.1, 0.15) is 37.0 Å². The number of carboxylic acid groups (broad SMARTS) is 1. The number of hydrogen-bond donors (Lipinski definition) is 2. The van der Waals surface area contributed by atoms with Gasteiger partial charge in [-0.3, -0.25) is 14.8 Å². The van der Waals surface area contributed by atoms with E-state index in [9.17, 15) is 14.7 Å². The van der Waals surface area contributed by atoms with Crippen molar-refractivity contribution < 1.29 is 19.4 Å². The summed E-state index contributed by atoms with van der Waals surface area (Å²) in [6.07, 6.45) is 2.15. The predicted octanol–water partition coefficient (Wildman–Crippen LogP) is 5.53. The molecule has 1 amide bonds. The SMILES string of the molecule is C[C@@H](OC(=O)Nc1c(-c2ccc(-c3ccc(C4(C(=O)O)CC4)cc3)cc2)cnn1C)c1ccccc1.[KH]. The summed E-state index contributed by atoms with van der Waals surface area (Å²) in [6, 6.07) is 25.3. The number of nitrogens with zero attached hydrogens (tertiary/aromatic N) is 2. The van der Waals surface area contributed by atoms with Crippen molar-refractivity contribution in [3.8, 4) is 22.3 Å². The van der Waals surface area contributed by atoms with Crippen molar-refractivity contribution in [1.82, 2.24) is 9.78 Å². The second kappa shape index (κ2) is 11.3. The van der Waals surface area contributed by atoms with Gasteiger partial charge in [-0.2, -0.15) is 5.10 Å². The summed E-state index contributed by atoms with van der Waals surface area (Å²) in [5, 5.41) is 16.7. The molecule has 0 saturated heterocycles. The Morgan fingerprint density at radius 3 is 2.08 bits per heavy atom. The number of amides is 1. The number of aromatic nitrogens is 2. The zero-order valence-corrected chi connectivity index (χ0v) is 20.1. The molecule has 1 heterocycles. The van der Waals surface area contributed by atoms with Crippen molar-refractivity contribution in [2.75, 3.05) is 5.32 Å². The zero-order chi connectivity index (χ0) is 25.3. The molecular weight excluding hydrogens is 493 g/mol. The third-order valence-electron chi connectivity index (χ3n) is 6.84. The molecular formula is C29H28KN3O4. The number of benzene rings is 3. The van der Waals surface area contributed by atoms with Gasteiger partial charge in [0.25, 0.3) is 0 Å². The summed E-state index contributed by atoms with van der Waals surface area (Å²) in [6.45, 7) is 1.83. The van der Waals surface area contributed by atoms with E-state index in [1.165, 1.54) is 0 Å². The Kier molecular flexibility index (Phi) is 8.35. The van der Waals surface area contributed by atoms with Gasteiger partial charge in [0.15, 0.2) is 0 Å². The number of ether oxygens (including phenoxy) is 1. The fraction of sp³-hybridized carbons (Fsp3) is 0.207. The van der Waals surface area contributed by atoms with E-state index in [-0.39, 0.29) is 57.5 Å². The molecule has 4 aromatic rings. The molecule has 1 fully saturated rings. The number of anilines is 1. The van der Waals surface area contributed by atoms with Crippen LogP contribution in [0.5, 0.6) is 0 Å². The van der Waals surface area contributed by atoms with Crippen LogP contribution in [-0.4, -0.2) is 78.3 Å². The summed E-state index contributed by atoms with van der Waals surface area (Å²) in [7, 11) is 1.76. The van der Waals surface area contributed by atoms with Gasteiger partial charge in [-0.1, -0.05) is 78.9 Å². The summed E-state index contributed by atoms with van der Waals surface area (Å²) in [5.41, 5.74) is 4.77. The molecule has 7 nitrogen and oxygen atoms in total. The van der Waals surface area contributed by atoms with Crippen LogP contribution in [0.3, 0.4) is 0 Å². The molecule has 8 heteroatoms. The van der Waals surface area contributed by atoms with E-state index in [0.717, 1.165) is 33.4 Å². The zero-order valence-electron chi connectivity index (χ0n) is 20.1. The number of carbonyl (C=O) groups is 2. The van der Waals surface area contributed by atoms with Gasteiger partial charge in [0, 0.05) is 12.6 Å². The topological polar surface area (TPSA) is 93.4 Å². The summed E-state index contributed by atoms with van der Waals surface area (Å²) < 4.78 is 7.16. The first-order chi connectivity index (χ1) is 17.4. The number of carbonyl (C=O) groups excluding carboxylic acids is 1. The summed E-state index contributed by atoms with van der Waals surface area (Å²) >= 11 is 0. The molecule has 0 aliphatic heterocycles. The van der Waals surface area contributed by atoms with Gasteiger partial charge in [0.2, 0.25) is 0 Å². The number of nitrogens with one attached hydrogen (secondary N) is 1. The van der Waals surface area contributed by atoms with Gasteiger partial charge in [-0.05, 0) is 47.6 Å². The monoisotopic (exact) mass is 521 g/mol. The molecule has 1 atom stereocenters. The molecule has 0 unspecified atom stereocenters. The molecule has 5 rings (SSSR count). The number of aliphatic carboxylic acids is 1. The Morgan fingerprint density at radius 2 is 1.51 bits per heavy atom. The van der Waals surface area contributed by atoms with Crippen LogP contribution in [0.4, 0.5) is 10.6 Å². The molecule has 37 heavy (non-hydrogen) atoms. The summed E-state index contributed by atoms with van der Waals surface area (Å²) in [4.78, 5) is 24.2. The van der Waals surface area contributed by atoms with Crippen molar-refractivity contribution in [1.29, 1.82) is 0 Å². The predicted molar refractivity (Wildman–Crippen MR) is 145 cm³/mol. The van der Waals surface area contributed by atoms with Crippen LogP contribution in [0, 0.1) is 0 Å². The number of carboxylic acids is 1. The fourth-order valence-corrected chi connectivity index (χ4v) is 4.45. The molecule has 1 saturated carbocycles. The van der Waals surface area contributed by atoms with Crippen LogP contribution < -0.4 is 5.32 Å². The molecule has 0 spiro atoms. The first-order valence-electron chi connectivity index (χ1n) is 11.9. The Bertz CT molecular complexity index is 1400. The Labute approximate surface area is 258 Å². The van der Waals surface area contributed by atoms with Gasteiger partial charge in [0.05, 0.1) is 11.6 Å². The third kappa shape index (κ3) is 5.73. The molecule has 184 valence electrons. The minimum absolute atomic E-state index is 0. The number of rotatable bonds is 7. The molecule has 1 aliphatic carbocycles. The van der Waals surface area contributed by atoms with Crippen LogP contribution in [0.25, 0.3) is 22.3 Å². The second-order valence-corrected chi connectivity index (χ2v) is 9.16. The normalized spacial score (nSPS) is 14.2. The Balaban J connectivity index is 0.00000320. The number of aryl methyl sites for hydroxylation is 1. The minimum atomic E-state index is -0.751. The van der Waals surface area contributed by atoms with Gasteiger partial charge >= 0.3 is 63.4 Å². The average molecular weight is 522 g/mol. The van der Waals surface area contributed by atoms with Crippen LogP contribution >= 0.6 is 0 Å². The van der Waals surface area contributed by atoms with E-state index in [1.54, 1.807) is 17.9 Å². The van der Waals surface area contributed by atoms with Crippen LogP contribution in [0.2, 0.25) is 0 Å². The van der Waals surface area contributed by atoms with Crippen molar-refractivity contribution >= 4 is 69.3 Å². The maximum atomic E-state index is 12.6. The van der Waals surface area contributed by atoms with Gasteiger partial charge < -0.3 is 9.84 Å². The standard InChI is InChI=1S/C29H27N3O4.K.H/c1-19(20-6-4-3-5-7-20)36-28(35)31-26-25(18-30-32(26)2)23-10-8-21(9-11-23)22-12-14-24(15-13-22)29(16-17-29)27(33)34;;/h3-15,18-19H,16-17H2,1-2H3,(H,31,35)(H,33,34);;/t19-;;/m1../s1. The van der Waals surface area contributed by atoms with Crippen molar-refractivity contribution in [3.63, 3.8) is 0 Å². The molecule has 2 N–H and O–H groups in total. The first kappa shape index (κ1) is 27.3. The molecule has 1 aliphatic rings. The average Bonchev–Trinajstić information content (AvgIpc) is 3.64. The van der Waals surface area contributed by atoms with E-state index in [4.69, 9.17) is 4.74 Å². The Morgan fingerprint density at radius 1 is 0.946 bits per heavy atom. The molecule has 0 radical (unpaired) electrons. The molecule has 0 bridgehead atoms. The maximum absolute atomic E-state index is 12.6. The van der Waals surface area contributed by atoms with E-state index in [1.807, 2.05) is 85.8 Å². The Hall–Kier alpha value is -2.75. The van der Waals surface area contributed by atoms with Gasteiger partial charge in [-0.15, -0.1) is 0 Å². The number of hydrogen-bond acceptors (Lipinski definition) is 4. The van der Waals surface area contributed by atoms with Gasteiger partial charge in [0.1, 0.15) is 11.9 Å². The second-order valence-electron chi connectivity index (χ2n) is 9.16. The van der Waals surface area contributed by atoms with Crippen molar-refractivity contribution in [2.45, 2.75) is 31.3 Å². The molecule has 3 aromatic carbocycles. The first-order valence-corrected chi connectivity index (χ1v) is 11.9. The fourth-order valence-electron chi connectivity index (χ4n) is 4.45. The van der Waals surface area contributed by atoms with E-state index in [0.29, 0.717) is 18.7 Å². The van der Waals surface area contributed by atoms with Gasteiger partial charge in [-0.25, -0.2) is 4.79 Å². The van der Waals surface area contributed by atoms with Crippen LogP contribution in [0.15, 0.2) is 85.1 Å². The third-order valence-corrected chi connectivity index (χ3v) is 6.84. The van der Waals surface area contributed by atoms with Crippen molar-refractivity contribution in [2.24, 2.45) is 7.05 Å².